The van der Waals surface area contributed by atoms with Gasteiger partial charge in [0.05, 0.1) is 49.8 Å². The van der Waals surface area contributed by atoms with Gasteiger partial charge in [0.2, 0.25) is 5.91 Å². The van der Waals surface area contributed by atoms with Crippen molar-refractivity contribution in [1.29, 1.82) is 0 Å². The number of rotatable bonds is 9. The van der Waals surface area contributed by atoms with Gasteiger partial charge in [0.1, 0.15) is 0 Å². The third-order valence-corrected chi connectivity index (χ3v) is 5.80. The SMILES string of the molecule is CCOc1cc(C(CC(=O)NCC(=O)[O-])N2C(=O)c3ccc4ccccc4c3C2=O)ccc1OC. The number of methoxy groups -OCH3 is 1. The number of carboxylic acid groups (broad SMARTS) is 1. The number of carboxylic acids is 1. The van der Waals surface area contributed by atoms with Crippen LogP contribution in [0.2, 0.25) is 0 Å². The zero-order valence-electron chi connectivity index (χ0n) is 19.2. The molecule has 1 atom stereocenters. The average Bonchev–Trinajstić information content (AvgIpc) is 3.11. The van der Waals surface area contributed by atoms with E-state index in [1.54, 1.807) is 49.4 Å². The molecule has 3 aromatic carbocycles. The largest absolute Gasteiger partial charge is 0.548 e. The second-order valence-electron chi connectivity index (χ2n) is 7.90. The molecule has 180 valence electrons. The Morgan fingerprint density at radius 2 is 1.80 bits per heavy atom. The maximum atomic E-state index is 13.6. The molecule has 0 bridgehead atoms. The van der Waals surface area contributed by atoms with Crippen molar-refractivity contribution in [2.24, 2.45) is 0 Å². The van der Waals surface area contributed by atoms with Gasteiger partial charge in [-0.25, -0.2) is 0 Å². The van der Waals surface area contributed by atoms with Gasteiger partial charge in [-0.1, -0.05) is 36.4 Å². The number of amides is 3. The van der Waals surface area contributed by atoms with E-state index < -0.39 is 36.3 Å². The summed E-state index contributed by atoms with van der Waals surface area (Å²) in [6, 6.07) is 14.5. The Hall–Kier alpha value is -4.40. The molecule has 1 heterocycles. The highest BCUT2D eigenvalue weighted by Gasteiger charge is 2.42. The molecular formula is C26H23N2O7-. The predicted octanol–water partition coefficient (Wildman–Crippen LogP) is 1.84. The Labute approximate surface area is 201 Å². The Bertz CT molecular complexity index is 1330. The number of carbonyl (C=O) groups is 4. The van der Waals surface area contributed by atoms with Crippen LogP contribution in [0.5, 0.6) is 11.5 Å². The van der Waals surface area contributed by atoms with Crippen molar-refractivity contribution in [1.82, 2.24) is 10.2 Å². The normalized spacial score (nSPS) is 13.5. The Kier molecular flexibility index (Phi) is 6.68. The first kappa shape index (κ1) is 23.7. The highest BCUT2D eigenvalue weighted by Crippen LogP contribution is 2.39. The molecule has 4 rings (SSSR count). The highest BCUT2D eigenvalue weighted by molar-refractivity contribution is 6.26. The van der Waals surface area contributed by atoms with Crippen molar-refractivity contribution in [3.8, 4) is 11.5 Å². The molecular weight excluding hydrogens is 452 g/mol. The van der Waals surface area contributed by atoms with Crippen LogP contribution in [0.15, 0.2) is 54.6 Å². The van der Waals surface area contributed by atoms with Crippen LogP contribution in [0, 0.1) is 0 Å². The fourth-order valence-corrected chi connectivity index (χ4v) is 4.25. The van der Waals surface area contributed by atoms with E-state index in [9.17, 15) is 24.3 Å². The van der Waals surface area contributed by atoms with Crippen molar-refractivity contribution >= 4 is 34.5 Å². The number of benzene rings is 3. The standard InChI is InChI=1S/C26H24N2O7/c1-3-35-21-12-16(9-11-20(21)34-2)19(13-22(29)27-14-23(30)31)28-25(32)18-10-8-15-6-4-5-7-17(15)24(18)26(28)33/h4-12,19H,3,13-14H2,1-2H3,(H,27,29)(H,30,31)/p-1. The molecule has 1 unspecified atom stereocenters. The summed E-state index contributed by atoms with van der Waals surface area (Å²) in [4.78, 5) is 51.6. The highest BCUT2D eigenvalue weighted by atomic mass is 16.5. The van der Waals surface area contributed by atoms with Crippen molar-refractivity contribution in [2.75, 3.05) is 20.3 Å². The lowest BCUT2D eigenvalue weighted by Gasteiger charge is -2.27. The molecule has 9 heteroatoms. The van der Waals surface area contributed by atoms with E-state index in [4.69, 9.17) is 9.47 Å². The maximum Gasteiger partial charge on any atom is 0.262 e. The fraction of sp³-hybridized carbons (Fsp3) is 0.231. The minimum Gasteiger partial charge on any atom is -0.548 e. The molecule has 1 N–H and O–H groups in total. The van der Waals surface area contributed by atoms with Gasteiger partial charge < -0.3 is 24.7 Å². The number of imide groups is 1. The number of aliphatic carboxylic acids is 1. The third-order valence-electron chi connectivity index (χ3n) is 5.80. The van der Waals surface area contributed by atoms with Crippen LogP contribution in [0.3, 0.4) is 0 Å². The van der Waals surface area contributed by atoms with Gasteiger partial charge in [0.15, 0.2) is 11.5 Å². The van der Waals surface area contributed by atoms with Gasteiger partial charge in [-0.3, -0.25) is 19.3 Å². The number of fused-ring (bicyclic) bond motifs is 3. The monoisotopic (exact) mass is 475 g/mol. The van der Waals surface area contributed by atoms with Gasteiger partial charge in [-0.2, -0.15) is 0 Å². The Morgan fingerprint density at radius 3 is 2.51 bits per heavy atom. The quantitative estimate of drug-likeness (QED) is 0.468. The third kappa shape index (κ3) is 4.52. The van der Waals surface area contributed by atoms with E-state index in [0.717, 1.165) is 10.3 Å². The van der Waals surface area contributed by atoms with Crippen LogP contribution in [0.25, 0.3) is 10.8 Å². The molecule has 1 aliphatic rings. The average molecular weight is 475 g/mol. The maximum absolute atomic E-state index is 13.6. The fourth-order valence-electron chi connectivity index (χ4n) is 4.25. The van der Waals surface area contributed by atoms with E-state index in [-0.39, 0.29) is 17.5 Å². The second-order valence-corrected chi connectivity index (χ2v) is 7.90. The van der Waals surface area contributed by atoms with E-state index in [1.807, 2.05) is 12.1 Å². The number of ether oxygens (including phenoxy) is 2. The van der Waals surface area contributed by atoms with Gasteiger partial charge in [0, 0.05) is 0 Å². The summed E-state index contributed by atoms with van der Waals surface area (Å²) in [7, 11) is 1.48. The number of hydrogen-bond acceptors (Lipinski definition) is 7. The van der Waals surface area contributed by atoms with E-state index in [1.165, 1.54) is 7.11 Å². The van der Waals surface area contributed by atoms with Crippen molar-refractivity contribution in [3.05, 3.63) is 71.3 Å². The lowest BCUT2D eigenvalue weighted by atomic mass is 10.00. The summed E-state index contributed by atoms with van der Waals surface area (Å²) < 4.78 is 11.0. The van der Waals surface area contributed by atoms with E-state index in [0.29, 0.717) is 29.1 Å². The number of nitrogens with zero attached hydrogens (tertiary/aromatic N) is 1. The van der Waals surface area contributed by atoms with Gasteiger partial charge in [-0.15, -0.1) is 0 Å². The van der Waals surface area contributed by atoms with Crippen molar-refractivity contribution < 1.29 is 33.8 Å². The summed E-state index contributed by atoms with van der Waals surface area (Å²) in [5.74, 6) is -2.35. The van der Waals surface area contributed by atoms with E-state index in [2.05, 4.69) is 5.32 Å². The van der Waals surface area contributed by atoms with Crippen LogP contribution >= 0.6 is 0 Å². The number of nitrogens with one attached hydrogen (secondary N) is 1. The van der Waals surface area contributed by atoms with Crippen LogP contribution in [0.1, 0.15) is 45.7 Å². The summed E-state index contributed by atoms with van der Waals surface area (Å²) in [5.41, 5.74) is 0.968. The van der Waals surface area contributed by atoms with Crippen LogP contribution in [-0.4, -0.2) is 48.9 Å². The summed E-state index contributed by atoms with van der Waals surface area (Å²) in [6.45, 7) is 1.45. The zero-order chi connectivity index (χ0) is 25.1. The molecule has 0 radical (unpaired) electrons. The molecule has 1 aliphatic heterocycles. The van der Waals surface area contributed by atoms with Crippen LogP contribution in [0.4, 0.5) is 0 Å². The molecule has 3 amide bonds. The summed E-state index contributed by atoms with van der Waals surface area (Å²) in [5, 5.41) is 14.5. The molecule has 0 fully saturated rings. The molecule has 0 aliphatic carbocycles. The predicted molar refractivity (Wildman–Crippen MR) is 124 cm³/mol. The van der Waals surface area contributed by atoms with Crippen LogP contribution in [-0.2, 0) is 9.59 Å². The lowest BCUT2D eigenvalue weighted by molar-refractivity contribution is -0.304. The van der Waals surface area contributed by atoms with Crippen LogP contribution < -0.4 is 19.9 Å². The first-order chi connectivity index (χ1) is 16.8. The molecule has 0 aromatic heterocycles. The molecule has 35 heavy (non-hydrogen) atoms. The minimum atomic E-state index is -1.45. The molecule has 3 aromatic rings. The topological polar surface area (TPSA) is 125 Å². The smallest absolute Gasteiger partial charge is 0.262 e. The number of hydrogen-bond donors (Lipinski definition) is 1. The van der Waals surface area contributed by atoms with E-state index >= 15 is 0 Å². The first-order valence-corrected chi connectivity index (χ1v) is 11.0. The molecule has 9 nitrogen and oxygen atoms in total. The van der Waals surface area contributed by atoms with Gasteiger partial charge in [-0.05, 0) is 41.5 Å². The Morgan fingerprint density at radius 1 is 1.03 bits per heavy atom. The lowest BCUT2D eigenvalue weighted by Crippen LogP contribution is -2.41. The minimum absolute atomic E-state index is 0.243. The van der Waals surface area contributed by atoms with Gasteiger partial charge in [0.25, 0.3) is 11.8 Å². The zero-order valence-corrected chi connectivity index (χ0v) is 19.2. The summed E-state index contributed by atoms with van der Waals surface area (Å²) >= 11 is 0. The van der Waals surface area contributed by atoms with Gasteiger partial charge >= 0.3 is 0 Å². The van der Waals surface area contributed by atoms with Crippen molar-refractivity contribution in [2.45, 2.75) is 19.4 Å². The Balaban J connectivity index is 1.79. The number of carbonyl (C=O) groups excluding carboxylic acids is 4. The molecule has 0 spiro atoms. The summed E-state index contributed by atoms with van der Waals surface area (Å²) in [6.07, 6.45) is -0.353. The first-order valence-electron chi connectivity index (χ1n) is 11.0. The molecule has 0 saturated carbocycles. The van der Waals surface area contributed by atoms with Crippen molar-refractivity contribution in [3.63, 3.8) is 0 Å². The second kappa shape index (κ2) is 9.84. The molecule has 0 saturated heterocycles.